The van der Waals surface area contributed by atoms with Gasteiger partial charge in [0.05, 0.1) is 18.9 Å². The first-order valence-electron chi connectivity index (χ1n) is 10.9. The standard InChI is InChI=1S/C21H39NO5S/c1-3-4-5-6-7-8-9-10-11-12-13-14-15-16-20-19(22-21(23)27-20)17-18-26-28(2,24)25/h15-16,19-20H,3-14,17-18H2,1-2H3,(H,22,23)/b16-15+/t19-,20+/m0/s1. The molecule has 0 saturated carbocycles. The Hall–Kier alpha value is -1.08. The summed E-state index contributed by atoms with van der Waals surface area (Å²) in [5.41, 5.74) is 0. The summed E-state index contributed by atoms with van der Waals surface area (Å²) < 4.78 is 32.0. The monoisotopic (exact) mass is 417 g/mol. The van der Waals surface area contributed by atoms with Gasteiger partial charge >= 0.3 is 6.09 Å². The molecule has 0 radical (unpaired) electrons. The van der Waals surface area contributed by atoms with Crippen molar-refractivity contribution in [3.8, 4) is 0 Å². The summed E-state index contributed by atoms with van der Waals surface area (Å²) in [4.78, 5) is 11.4. The molecule has 1 rings (SSSR count). The van der Waals surface area contributed by atoms with Crippen molar-refractivity contribution in [2.45, 2.75) is 103 Å². The van der Waals surface area contributed by atoms with Gasteiger partial charge in [0, 0.05) is 0 Å². The van der Waals surface area contributed by atoms with Crippen molar-refractivity contribution in [3.63, 3.8) is 0 Å². The van der Waals surface area contributed by atoms with Crippen LogP contribution in [-0.2, 0) is 19.0 Å². The van der Waals surface area contributed by atoms with E-state index in [-0.39, 0.29) is 18.8 Å². The lowest BCUT2D eigenvalue weighted by Gasteiger charge is -2.13. The molecule has 2 atom stereocenters. The summed E-state index contributed by atoms with van der Waals surface area (Å²) in [7, 11) is -3.46. The fourth-order valence-electron chi connectivity index (χ4n) is 3.37. The van der Waals surface area contributed by atoms with Crippen LogP contribution < -0.4 is 5.32 Å². The number of cyclic esters (lactones) is 1. The second-order valence-corrected chi connectivity index (χ2v) is 9.33. The largest absolute Gasteiger partial charge is 0.440 e. The molecule has 0 aromatic carbocycles. The zero-order chi connectivity index (χ0) is 20.7. The minimum absolute atomic E-state index is 0.0378. The number of hydrogen-bond donors (Lipinski definition) is 1. The predicted molar refractivity (Wildman–Crippen MR) is 113 cm³/mol. The Morgan fingerprint density at radius 2 is 1.57 bits per heavy atom. The second-order valence-electron chi connectivity index (χ2n) is 7.69. The molecule has 1 heterocycles. The lowest BCUT2D eigenvalue weighted by molar-refractivity contribution is 0.150. The molecule has 0 bridgehead atoms. The molecule has 0 aromatic rings. The zero-order valence-electron chi connectivity index (χ0n) is 17.7. The Morgan fingerprint density at radius 1 is 1.00 bits per heavy atom. The molecular weight excluding hydrogens is 378 g/mol. The van der Waals surface area contributed by atoms with Gasteiger partial charge < -0.3 is 10.1 Å². The summed E-state index contributed by atoms with van der Waals surface area (Å²) >= 11 is 0. The van der Waals surface area contributed by atoms with Crippen LogP contribution in [0.2, 0.25) is 0 Å². The van der Waals surface area contributed by atoms with Crippen molar-refractivity contribution in [2.24, 2.45) is 0 Å². The molecule has 28 heavy (non-hydrogen) atoms. The van der Waals surface area contributed by atoms with Crippen molar-refractivity contribution in [2.75, 3.05) is 12.9 Å². The first-order valence-corrected chi connectivity index (χ1v) is 12.7. The van der Waals surface area contributed by atoms with Crippen molar-refractivity contribution in [1.29, 1.82) is 0 Å². The molecule has 1 amide bonds. The van der Waals surface area contributed by atoms with Crippen molar-refractivity contribution < 1.29 is 22.1 Å². The Bertz CT molecular complexity index is 547. The molecule has 1 aliphatic rings. The van der Waals surface area contributed by atoms with Crippen LogP contribution in [0.5, 0.6) is 0 Å². The van der Waals surface area contributed by atoms with Crippen LogP contribution in [0.15, 0.2) is 12.2 Å². The number of allylic oxidation sites excluding steroid dienone is 1. The van der Waals surface area contributed by atoms with Gasteiger partial charge in [-0.1, -0.05) is 77.2 Å². The predicted octanol–water partition coefficient (Wildman–Crippen LogP) is 5.09. The molecule has 0 aliphatic carbocycles. The molecule has 7 heteroatoms. The molecule has 0 spiro atoms. The average Bonchev–Trinajstić information content (AvgIpc) is 2.97. The number of carbonyl (C=O) groups excluding carboxylic acids is 1. The van der Waals surface area contributed by atoms with E-state index in [2.05, 4.69) is 18.3 Å². The fourth-order valence-corrected chi connectivity index (χ4v) is 3.77. The molecule has 0 aromatic heterocycles. The van der Waals surface area contributed by atoms with E-state index in [0.717, 1.165) is 19.1 Å². The van der Waals surface area contributed by atoms with Crippen LogP contribution in [0.1, 0.15) is 90.4 Å². The lowest BCUT2D eigenvalue weighted by Crippen LogP contribution is -2.32. The molecule has 0 unspecified atom stereocenters. The van der Waals surface area contributed by atoms with Crippen molar-refractivity contribution >= 4 is 16.2 Å². The number of ether oxygens (including phenoxy) is 1. The smallest absolute Gasteiger partial charge is 0.408 e. The Morgan fingerprint density at radius 3 is 2.14 bits per heavy atom. The first kappa shape index (κ1) is 25.0. The molecule has 1 saturated heterocycles. The molecule has 1 aliphatic heterocycles. The van der Waals surface area contributed by atoms with E-state index < -0.39 is 16.2 Å². The number of hydrogen-bond acceptors (Lipinski definition) is 5. The highest BCUT2D eigenvalue weighted by molar-refractivity contribution is 7.85. The molecule has 6 nitrogen and oxygen atoms in total. The number of rotatable bonds is 17. The fraction of sp³-hybridized carbons (Fsp3) is 0.857. The van der Waals surface area contributed by atoms with Crippen LogP contribution in [0.25, 0.3) is 0 Å². The highest BCUT2D eigenvalue weighted by Gasteiger charge is 2.31. The first-order chi connectivity index (χ1) is 13.4. The summed E-state index contributed by atoms with van der Waals surface area (Å²) in [6.45, 7) is 2.29. The lowest BCUT2D eigenvalue weighted by atomic mass is 10.0. The summed E-state index contributed by atoms with van der Waals surface area (Å²) in [6, 6.07) is -0.247. The highest BCUT2D eigenvalue weighted by Crippen LogP contribution is 2.16. The summed E-state index contributed by atoms with van der Waals surface area (Å²) in [6.07, 6.45) is 20.1. The van der Waals surface area contributed by atoms with Gasteiger partial charge in [0.15, 0.2) is 0 Å². The van der Waals surface area contributed by atoms with Crippen LogP contribution in [0.3, 0.4) is 0 Å². The third-order valence-electron chi connectivity index (χ3n) is 4.97. The number of alkyl carbamates (subject to hydrolysis) is 1. The summed E-state index contributed by atoms with van der Waals surface area (Å²) in [5.74, 6) is 0. The highest BCUT2D eigenvalue weighted by atomic mass is 32.2. The molecule has 1 N–H and O–H groups in total. The van der Waals surface area contributed by atoms with Gasteiger partial charge in [-0.25, -0.2) is 4.79 Å². The van der Waals surface area contributed by atoms with Gasteiger partial charge in [0.25, 0.3) is 10.1 Å². The normalized spacial score (nSPS) is 19.9. The minimum Gasteiger partial charge on any atom is -0.440 e. The number of unbranched alkanes of at least 4 members (excludes halogenated alkanes) is 11. The van der Waals surface area contributed by atoms with E-state index in [4.69, 9.17) is 8.92 Å². The SMILES string of the molecule is CCCCCCCCCCCCC/C=C/[C@H]1OC(=O)N[C@H]1CCOS(C)(=O)=O. The van der Waals surface area contributed by atoms with Crippen molar-refractivity contribution in [1.82, 2.24) is 5.32 Å². The van der Waals surface area contributed by atoms with E-state index in [1.807, 2.05) is 6.08 Å². The van der Waals surface area contributed by atoms with Gasteiger partial charge in [-0.05, 0) is 25.3 Å². The number of nitrogens with one attached hydrogen (secondary N) is 1. The van der Waals surface area contributed by atoms with E-state index in [9.17, 15) is 13.2 Å². The molecular formula is C21H39NO5S. The van der Waals surface area contributed by atoms with Gasteiger partial charge in [0.2, 0.25) is 0 Å². The second kappa shape index (κ2) is 14.9. The van der Waals surface area contributed by atoms with Crippen LogP contribution in [-0.4, -0.2) is 39.5 Å². The van der Waals surface area contributed by atoms with Crippen molar-refractivity contribution in [3.05, 3.63) is 12.2 Å². The topological polar surface area (TPSA) is 81.7 Å². The maximum atomic E-state index is 11.4. The Balaban J connectivity index is 2.05. The van der Waals surface area contributed by atoms with Gasteiger partial charge in [-0.2, -0.15) is 8.42 Å². The van der Waals surface area contributed by atoms with E-state index in [0.29, 0.717) is 6.42 Å². The van der Waals surface area contributed by atoms with E-state index in [1.54, 1.807) is 0 Å². The maximum Gasteiger partial charge on any atom is 0.408 e. The summed E-state index contributed by atoms with van der Waals surface area (Å²) in [5, 5.41) is 2.70. The quantitative estimate of drug-likeness (QED) is 0.203. The maximum absolute atomic E-state index is 11.4. The van der Waals surface area contributed by atoms with Crippen LogP contribution >= 0.6 is 0 Å². The van der Waals surface area contributed by atoms with Gasteiger partial charge in [0.1, 0.15) is 6.10 Å². The number of carbonyl (C=O) groups is 1. The Labute approximate surface area is 171 Å². The third kappa shape index (κ3) is 13.2. The number of amides is 1. The van der Waals surface area contributed by atoms with Crippen LogP contribution in [0.4, 0.5) is 4.79 Å². The minimum atomic E-state index is -3.46. The van der Waals surface area contributed by atoms with E-state index in [1.165, 1.54) is 64.2 Å². The molecule has 164 valence electrons. The average molecular weight is 418 g/mol. The molecule has 1 fully saturated rings. The third-order valence-corrected chi connectivity index (χ3v) is 5.56. The zero-order valence-corrected chi connectivity index (χ0v) is 18.5. The van der Waals surface area contributed by atoms with Gasteiger partial charge in [-0.3, -0.25) is 4.18 Å². The van der Waals surface area contributed by atoms with Crippen LogP contribution in [0, 0.1) is 0 Å². The van der Waals surface area contributed by atoms with Gasteiger partial charge in [-0.15, -0.1) is 0 Å². The Kier molecular flexibility index (Phi) is 13.2. The van der Waals surface area contributed by atoms with E-state index >= 15 is 0 Å².